The molecule has 0 aromatic heterocycles. The smallest absolute Gasteiger partial charge is 0.339 e. The molecule has 24 heavy (non-hydrogen) atoms. The summed E-state index contributed by atoms with van der Waals surface area (Å²) in [6, 6.07) is 8.31. The Hall–Kier alpha value is -2.44. The van der Waals surface area contributed by atoms with Crippen LogP contribution in [0.2, 0.25) is 10.0 Å². The van der Waals surface area contributed by atoms with Crippen LogP contribution in [0.25, 0.3) is 0 Å². The zero-order valence-corrected chi connectivity index (χ0v) is 13.9. The number of aromatic hydroxyl groups is 1. The second-order valence-electron chi connectivity index (χ2n) is 4.86. The molecule has 3 N–H and O–H groups in total. The number of amides is 1. The molecule has 1 unspecified atom stereocenters. The molecule has 2 aromatic rings. The summed E-state index contributed by atoms with van der Waals surface area (Å²) in [5.41, 5.74) is -0.102. The number of ether oxygens (including phenoxy) is 1. The Morgan fingerprint density at radius 1 is 1.17 bits per heavy atom. The molecule has 0 fully saturated rings. The molecule has 0 saturated heterocycles. The molecule has 1 atom stereocenters. The van der Waals surface area contributed by atoms with Gasteiger partial charge in [0.15, 0.2) is 6.10 Å². The number of halogens is 2. The van der Waals surface area contributed by atoms with Gasteiger partial charge in [-0.2, -0.15) is 0 Å². The third kappa shape index (κ3) is 4.31. The maximum absolute atomic E-state index is 12.1. The van der Waals surface area contributed by atoms with Crippen LogP contribution in [-0.2, 0) is 4.79 Å². The van der Waals surface area contributed by atoms with Crippen LogP contribution >= 0.6 is 23.2 Å². The molecule has 0 aliphatic heterocycles. The fourth-order valence-corrected chi connectivity index (χ4v) is 2.30. The number of phenols is 1. The van der Waals surface area contributed by atoms with Crippen molar-refractivity contribution in [3.05, 3.63) is 52.0 Å². The maximum atomic E-state index is 12.1. The highest BCUT2D eigenvalue weighted by atomic mass is 35.5. The third-order valence-corrected chi connectivity index (χ3v) is 3.59. The fraction of sp³-hybridized carbons (Fsp3) is 0.125. The molecule has 1 amide bonds. The number of carboxylic acid groups (broad SMARTS) is 1. The van der Waals surface area contributed by atoms with Crippen molar-refractivity contribution in [1.29, 1.82) is 0 Å². The van der Waals surface area contributed by atoms with E-state index >= 15 is 0 Å². The first-order valence-corrected chi connectivity index (χ1v) is 7.52. The van der Waals surface area contributed by atoms with Gasteiger partial charge >= 0.3 is 5.97 Å². The number of carbonyl (C=O) groups excluding carboxylic acids is 1. The number of anilines is 1. The van der Waals surface area contributed by atoms with E-state index < -0.39 is 23.7 Å². The molecule has 0 spiro atoms. The van der Waals surface area contributed by atoms with Crippen LogP contribution in [0, 0.1) is 0 Å². The summed E-state index contributed by atoms with van der Waals surface area (Å²) in [4.78, 5) is 23.1. The summed E-state index contributed by atoms with van der Waals surface area (Å²) in [7, 11) is 0. The lowest BCUT2D eigenvalue weighted by Crippen LogP contribution is -2.30. The quantitative estimate of drug-likeness (QED) is 0.696. The van der Waals surface area contributed by atoms with Crippen LogP contribution in [-0.4, -0.2) is 28.2 Å². The van der Waals surface area contributed by atoms with Crippen LogP contribution < -0.4 is 10.1 Å². The van der Waals surface area contributed by atoms with Gasteiger partial charge in [0.05, 0.1) is 5.02 Å². The van der Waals surface area contributed by atoms with Crippen molar-refractivity contribution < 1.29 is 24.5 Å². The largest absolute Gasteiger partial charge is 0.507 e. The fourth-order valence-electron chi connectivity index (χ4n) is 1.84. The molecule has 0 radical (unpaired) electrons. The van der Waals surface area contributed by atoms with Crippen LogP contribution in [0.15, 0.2) is 36.4 Å². The van der Waals surface area contributed by atoms with Gasteiger partial charge in [-0.3, -0.25) is 4.79 Å². The van der Waals surface area contributed by atoms with E-state index in [2.05, 4.69) is 5.32 Å². The number of hydrogen-bond donors (Lipinski definition) is 3. The van der Waals surface area contributed by atoms with E-state index in [0.29, 0.717) is 10.8 Å². The summed E-state index contributed by atoms with van der Waals surface area (Å²) >= 11 is 11.8. The second kappa shape index (κ2) is 7.42. The van der Waals surface area contributed by atoms with E-state index in [-0.39, 0.29) is 16.3 Å². The van der Waals surface area contributed by atoms with Gasteiger partial charge < -0.3 is 20.3 Å². The summed E-state index contributed by atoms with van der Waals surface area (Å²) in [6.45, 7) is 1.51. The minimum absolute atomic E-state index is 0.216. The highest BCUT2D eigenvalue weighted by Crippen LogP contribution is 2.28. The van der Waals surface area contributed by atoms with Crippen molar-refractivity contribution in [2.45, 2.75) is 13.0 Å². The zero-order valence-electron chi connectivity index (χ0n) is 12.4. The van der Waals surface area contributed by atoms with E-state index in [0.717, 1.165) is 6.07 Å². The van der Waals surface area contributed by atoms with Crippen molar-refractivity contribution in [3.63, 3.8) is 0 Å². The standard InChI is InChI=1S/C16H13Cl2NO5/c1-8(24-14-5-2-9(17)6-12(14)18)15(21)19-10-3-4-13(20)11(7-10)16(22)23/h2-8,20H,1H3,(H,19,21)(H,22,23). The Labute approximate surface area is 147 Å². The first-order chi connectivity index (χ1) is 11.3. The number of aromatic carboxylic acids is 1. The van der Waals surface area contributed by atoms with E-state index in [1.165, 1.54) is 31.2 Å². The summed E-state index contributed by atoms with van der Waals surface area (Å²) in [5.74, 6) is -1.91. The Morgan fingerprint density at radius 3 is 2.50 bits per heavy atom. The van der Waals surface area contributed by atoms with Crippen molar-refractivity contribution in [1.82, 2.24) is 0 Å². The van der Waals surface area contributed by atoms with E-state index in [1.54, 1.807) is 6.07 Å². The lowest BCUT2D eigenvalue weighted by atomic mass is 10.1. The van der Waals surface area contributed by atoms with Crippen molar-refractivity contribution >= 4 is 40.8 Å². The molecule has 0 saturated carbocycles. The van der Waals surface area contributed by atoms with E-state index in [4.69, 9.17) is 33.0 Å². The number of carboxylic acids is 1. The van der Waals surface area contributed by atoms with Crippen LogP contribution in [0.1, 0.15) is 17.3 Å². The zero-order chi connectivity index (χ0) is 17.9. The summed E-state index contributed by atoms with van der Waals surface area (Å²) < 4.78 is 5.47. The van der Waals surface area contributed by atoms with Crippen LogP contribution in [0.5, 0.6) is 11.5 Å². The monoisotopic (exact) mass is 369 g/mol. The molecule has 0 aliphatic rings. The third-order valence-electron chi connectivity index (χ3n) is 3.06. The van der Waals surface area contributed by atoms with Gasteiger partial charge in [0, 0.05) is 10.7 Å². The number of hydrogen-bond acceptors (Lipinski definition) is 4. The number of rotatable bonds is 5. The summed E-state index contributed by atoms with van der Waals surface area (Å²) in [5, 5.41) is 21.6. The van der Waals surface area contributed by atoms with Gasteiger partial charge in [0.1, 0.15) is 17.1 Å². The van der Waals surface area contributed by atoms with Crippen LogP contribution in [0.4, 0.5) is 5.69 Å². The maximum Gasteiger partial charge on any atom is 0.339 e. The second-order valence-corrected chi connectivity index (χ2v) is 5.70. The number of nitrogens with one attached hydrogen (secondary N) is 1. The molecule has 2 aromatic carbocycles. The molecular weight excluding hydrogens is 357 g/mol. The van der Waals surface area contributed by atoms with Crippen molar-refractivity contribution in [3.8, 4) is 11.5 Å². The topological polar surface area (TPSA) is 95.9 Å². The number of benzene rings is 2. The summed E-state index contributed by atoms with van der Waals surface area (Å²) in [6.07, 6.45) is -0.897. The minimum Gasteiger partial charge on any atom is -0.507 e. The SMILES string of the molecule is CC(Oc1ccc(Cl)cc1Cl)C(=O)Nc1ccc(O)c(C(=O)O)c1. The predicted molar refractivity (Wildman–Crippen MR) is 90.2 cm³/mol. The van der Waals surface area contributed by atoms with Crippen molar-refractivity contribution in [2.75, 3.05) is 5.32 Å². The van der Waals surface area contributed by atoms with Gasteiger partial charge in [-0.15, -0.1) is 0 Å². The van der Waals surface area contributed by atoms with Gasteiger partial charge in [0.25, 0.3) is 5.91 Å². The molecule has 0 aliphatic carbocycles. The Bertz CT molecular complexity index is 794. The van der Waals surface area contributed by atoms with Gasteiger partial charge in [-0.05, 0) is 43.3 Å². The van der Waals surface area contributed by atoms with E-state index in [9.17, 15) is 14.7 Å². The van der Waals surface area contributed by atoms with Crippen molar-refractivity contribution in [2.24, 2.45) is 0 Å². The highest BCUT2D eigenvalue weighted by molar-refractivity contribution is 6.35. The first kappa shape index (κ1) is 17.9. The molecular formula is C16H13Cl2NO5. The lowest BCUT2D eigenvalue weighted by Gasteiger charge is -2.16. The van der Waals surface area contributed by atoms with Gasteiger partial charge in [-0.1, -0.05) is 23.2 Å². The Balaban J connectivity index is 2.09. The average Bonchev–Trinajstić information content (AvgIpc) is 2.51. The Morgan fingerprint density at radius 2 is 1.88 bits per heavy atom. The number of carbonyl (C=O) groups is 2. The molecule has 6 nitrogen and oxygen atoms in total. The van der Waals surface area contributed by atoms with E-state index in [1.807, 2.05) is 0 Å². The van der Waals surface area contributed by atoms with Crippen LogP contribution in [0.3, 0.4) is 0 Å². The molecule has 0 heterocycles. The first-order valence-electron chi connectivity index (χ1n) is 6.77. The highest BCUT2D eigenvalue weighted by Gasteiger charge is 2.18. The Kier molecular flexibility index (Phi) is 5.54. The lowest BCUT2D eigenvalue weighted by molar-refractivity contribution is -0.122. The van der Waals surface area contributed by atoms with Gasteiger partial charge in [0.2, 0.25) is 0 Å². The normalized spacial score (nSPS) is 11.6. The van der Waals surface area contributed by atoms with Gasteiger partial charge in [-0.25, -0.2) is 4.79 Å². The molecule has 0 bridgehead atoms. The molecule has 8 heteroatoms. The predicted octanol–water partition coefficient (Wildman–Crippen LogP) is 3.80. The molecule has 126 valence electrons. The minimum atomic E-state index is -1.30. The molecule has 2 rings (SSSR count). The average molecular weight is 370 g/mol.